The largest absolute Gasteiger partial charge is 0.377 e. The van der Waals surface area contributed by atoms with Gasteiger partial charge in [0.2, 0.25) is 0 Å². The van der Waals surface area contributed by atoms with Crippen molar-refractivity contribution in [2.24, 2.45) is 0 Å². The van der Waals surface area contributed by atoms with E-state index in [0.29, 0.717) is 17.6 Å². The minimum atomic E-state index is -0.0224. The monoisotopic (exact) mass is 293 g/mol. The van der Waals surface area contributed by atoms with E-state index in [1.165, 1.54) is 6.42 Å². The fourth-order valence-electron chi connectivity index (χ4n) is 3.06. The molecule has 21 heavy (non-hydrogen) atoms. The first kappa shape index (κ1) is 14.5. The Labute approximate surface area is 125 Å². The number of aromatic nitrogens is 1. The normalized spacial score (nSPS) is 24.2. The van der Waals surface area contributed by atoms with Crippen LogP contribution in [-0.2, 0) is 4.74 Å². The lowest BCUT2D eigenvalue weighted by Crippen LogP contribution is -2.37. The van der Waals surface area contributed by atoms with Gasteiger partial charge in [-0.2, -0.15) is 0 Å². The summed E-state index contributed by atoms with van der Waals surface area (Å²) in [5.41, 5.74) is 0.417. The number of carbonyl (C=O) groups is 1. The van der Waals surface area contributed by atoms with Crippen LogP contribution < -0.4 is 0 Å². The molecule has 1 aromatic heterocycles. The zero-order chi connectivity index (χ0) is 14.7. The van der Waals surface area contributed by atoms with E-state index in [-0.39, 0.29) is 5.91 Å². The van der Waals surface area contributed by atoms with Crippen LogP contribution in [0.2, 0.25) is 0 Å². The van der Waals surface area contributed by atoms with Crippen LogP contribution in [-0.4, -0.2) is 66.3 Å². The standard InChI is InChI=1S/C15H23N3O3/c1-12-10-14(16-21-12)15(19)18-6-3-5-17(7-8-18)11-13-4-2-9-20-13/h10,13H,2-9,11H2,1H3. The molecular formula is C15H23N3O3. The van der Waals surface area contributed by atoms with Crippen LogP contribution in [0.4, 0.5) is 0 Å². The smallest absolute Gasteiger partial charge is 0.276 e. The molecule has 3 heterocycles. The fraction of sp³-hybridized carbons (Fsp3) is 0.733. The summed E-state index contributed by atoms with van der Waals surface area (Å²) in [6, 6.07) is 1.71. The summed E-state index contributed by atoms with van der Waals surface area (Å²) < 4.78 is 10.7. The fourth-order valence-corrected chi connectivity index (χ4v) is 3.06. The number of hydrogen-bond donors (Lipinski definition) is 0. The molecule has 3 rings (SSSR count). The topological polar surface area (TPSA) is 58.8 Å². The van der Waals surface area contributed by atoms with Crippen molar-refractivity contribution >= 4 is 5.91 Å². The van der Waals surface area contributed by atoms with Crippen LogP contribution in [0.15, 0.2) is 10.6 Å². The lowest BCUT2D eigenvalue weighted by atomic mass is 10.2. The van der Waals surface area contributed by atoms with E-state index in [4.69, 9.17) is 9.26 Å². The maximum absolute atomic E-state index is 12.4. The molecule has 0 aliphatic carbocycles. The van der Waals surface area contributed by atoms with Crippen LogP contribution in [0.25, 0.3) is 0 Å². The van der Waals surface area contributed by atoms with Crippen molar-refractivity contribution in [3.8, 4) is 0 Å². The molecule has 2 fully saturated rings. The Morgan fingerprint density at radius 2 is 2.24 bits per heavy atom. The minimum Gasteiger partial charge on any atom is -0.377 e. The van der Waals surface area contributed by atoms with E-state index in [2.05, 4.69) is 10.1 Å². The molecule has 6 heteroatoms. The molecule has 6 nitrogen and oxygen atoms in total. The van der Waals surface area contributed by atoms with Crippen molar-refractivity contribution in [3.63, 3.8) is 0 Å². The minimum absolute atomic E-state index is 0.0224. The molecule has 0 spiro atoms. The quantitative estimate of drug-likeness (QED) is 0.841. The summed E-state index contributed by atoms with van der Waals surface area (Å²) in [5, 5.41) is 3.82. The zero-order valence-corrected chi connectivity index (χ0v) is 12.6. The summed E-state index contributed by atoms with van der Waals surface area (Å²) >= 11 is 0. The first-order valence-electron chi connectivity index (χ1n) is 7.79. The summed E-state index contributed by atoms with van der Waals surface area (Å²) in [6.45, 7) is 7.16. The second-order valence-corrected chi connectivity index (χ2v) is 5.90. The second-order valence-electron chi connectivity index (χ2n) is 5.90. The number of aryl methyl sites for hydroxylation is 1. The van der Waals surface area contributed by atoms with Gasteiger partial charge in [0.15, 0.2) is 5.69 Å². The van der Waals surface area contributed by atoms with Gasteiger partial charge >= 0.3 is 0 Å². The lowest BCUT2D eigenvalue weighted by molar-refractivity contribution is 0.0699. The van der Waals surface area contributed by atoms with E-state index in [1.54, 1.807) is 13.0 Å². The van der Waals surface area contributed by atoms with Crippen LogP contribution >= 0.6 is 0 Å². The average molecular weight is 293 g/mol. The maximum atomic E-state index is 12.4. The van der Waals surface area contributed by atoms with Gasteiger partial charge in [-0.25, -0.2) is 0 Å². The Morgan fingerprint density at radius 1 is 1.33 bits per heavy atom. The summed E-state index contributed by atoms with van der Waals surface area (Å²) in [4.78, 5) is 16.7. The van der Waals surface area contributed by atoms with Gasteiger partial charge in [-0.05, 0) is 32.7 Å². The number of rotatable bonds is 3. The SMILES string of the molecule is Cc1cc(C(=O)N2CCCN(CC3CCCO3)CC2)no1. The third kappa shape index (κ3) is 3.63. The molecule has 2 saturated heterocycles. The molecule has 0 N–H and O–H groups in total. The van der Waals surface area contributed by atoms with E-state index in [1.807, 2.05) is 4.90 Å². The van der Waals surface area contributed by atoms with Crippen LogP contribution in [0.3, 0.4) is 0 Å². The van der Waals surface area contributed by atoms with Gasteiger partial charge in [0.05, 0.1) is 6.10 Å². The molecule has 0 radical (unpaired) electrons. The van der Waals surface area contributed by atoms with Crippen molar-refractivity contribution in [1.29, 1.82) is 0 Å². The Bertz CT molecular complexity index is 482. The van der Waals surface area contributed by atoms with Gasteiger partial charge in [0.1, 0.15) is 5.76 Å². The molecule has 116 valence electrons. The van der Waals surface area contributed by atoms with Gasteiger partial charge < -0.3 is 14.2 Å². The van der Waals surface area contributed by atoms with Crippen molar-refractivity contribution in [2.75, 3.05) is 39.3 Å². The Morgan fingerprint density at radius 3 is 2.95 bits per heavy atom. The highest BCUT2D eigenvalue weighted by atomic mass is 16.5. The zero-order valence-electron chi connectivity index (χ0n) is 12.6. The molecule has 1 atom stereocenters. The number of nitrogens with zero attached hydrogens (tertiary/aromatic N) is 3. The molecule has 0 bridgehead atoms. The molecule has 0 aromatic carbocycles. The highest BCUT2D eigenvalue weighted by Gasteiger charge is 2.25. The van der Waals surface area contributed by atoms with Crippen molar-refractivity contribution in [3.05, 3.63) is 17.5 Å². The van der Waals surface area contributed by atoms with Gasteiger partial charge in [-0.1, -0.05) is 5.16 Å². The molecule has 1 unspecified atom stereocenters. The van der Waals surface area contributed by atoms with Crippen LogP contribution in [0, 0.1) is 6.92 Å². The highest BCUT2D eigenvalue weighted by Crippen LogP contribution is 2.15. The van der Waals surface area contributed by atoms with E-state index in [0.717, 1.165) is 52.2 Å². The summed E-state index contributed by atoms with van der Waals surface area (Å²) in [5.74, 6) is 0.652. The first-order chi connectivity index (χ1) is 10.2. The highest BCUT2D eigenvalue weighted by molar-refractivity contribution is 5.92. The molecule has 2 aliphatic heterocycles. The molecular weight excluding hydrogens is 270 g/mol. The van der Waals surface area contributed by atoms with Gasteiger partial charge in [-0.3, -0.25) is 9.69 Å². The van der Waals surface area contributed by atoms with Crippen LogP contribution in [0.5, 0.6) is 0 Å². The van der Waals surface area contributed by atoms with Crippen molar-refractivity contribution in [1.82, 2.24) is 15.0 Å². The lowest BCUT2D eigenvalue weighted by Gasteiger charge is -2.23. The van der Waals surface area contributed by atoms with E-state index in [9.17, 15) is 4.79 Å². The van der Waals surface area contributed by atoms with Crippen molar-refractivity contribution < 1.29 is 14.1 Å². The predicted octanol–water partition coefficient (Wildman–Crippen LogP) is 1.31. The molecule has 0 saturated carbocycles. The van der Waals surface area contributed by atoms with E-state index >= 15 is 0 Å². The Kier molecular flexibility index (Phi) is 4.55. The average Bonchev–Trinajstić information content (AvgIpc) is 3.07. The number of carbonyl (C=O) groups excluding carboxylic acids is 1. The molecule has 2 aliphatic rings. The third-order valence-electron chi connectivity index (χ3n) is 4.21. The number of hydrogen-bond acceptors (Lipinski definition) is 5. The number of ether oxygens (including phenoxy) is 1. The second kappa shape index (κ2) is 6.58. The van der Waals surface area contributed by atoms with Crippen molar-refractivity contribution in [2.45, 2.75) is 32.3 Å². The number of amides is 1. The predicted molar refractivity (Wildman–Crippen MR) is 77.2 cm³/mol. The summed E-state index contributed by atoms with van der Waals surface area (Å²) in [6.07, 6.45) is 3.71. The first-order valence-corrected chi connectivity index (χ1v) is 7.79. The van der Waals surface area contributed by atoms with Gasteiger partial charge in [0, 0.05) is 38.9 Å². The van der Waals surface area contributed by atoms with E-state index < -0.39 is 0 Å². The van der Waals surface area contributed by atoms with Gasteiger partial charge in [0.25, 0.3) is 5.91 Å². The Hall–Kier alpha value is -1.40. The molecule has 1 amide bonds. The van der Waals surface area contributed by atoms with Crippen LogP contribution in [0.1, 0.15) is 35.5 Å². The summed E-state index contributed by atoms with van der Waals surface area (Å²) in [7, 11) is 0. The Balaban J connectivity index is 1.53. The third-order valence-corrected chi connectivity index (χ3v) is 4.21. The van der Waals surface area contributed by atoms with Gasteiger partial charge in [-0.15, -0.1) is 0 Å². The molecule has 1 aromatic rings. The maximum Gasteiger partial charge on any atom is 0.276 e.